The van der Waals surface area contributed by atoms with E-state index in [1.165, 1.54) is 6.92 Å². The van der Waals surface area contributed by atoms with Gasteiger partial charge in [0.15, 0.2) is 5.41 Å². The van der Waals surface area contributed by atoms with Crippen molar-refractivity contribution in [3.05, 3.63) is 0 Å². The van der Waals surface area contributed by atoms with Crippen LogP contribution in [0.15, 0.2) is 0 Å². The van der Waals surface area contributed by atoms with Gasteiger partial charge >= 0.3 is 11.9 Å². The lowest BCUT2D eigenvalue weighted by atomic mass is 9.90. The maximum absolute atomic E-state index is 11.7. The average Bonchev–Trinajstić information content (AvgIpc) is 2.00. The van der Waals surface area contributed by atoms with E-state index in [9.17, 15) is 9.59 Å². The van der Waals surface area contributed by atoms with Crippen LogP contribution in [-0.2, 0) is 14.3 Å². The Hall–Kier alpha value is -1.10. The first-order chi connectivity index (χ1) is 6.63. The number of carbonyl (C=O) groups excluding carboxylic acids is 1. The van der Waals surface area contributed by atoms with E-state index in [4.69, 9.17) is 9.84 Å². The lowest BCUT2D eigenvalue weighted by Gasteiger charge is -2.28. The van der Waals surface area contributed by atoms with Crippen molar-refractivity contribution >= 4 is 11.9 Å². The molecule has 15 heavy (non-hydrogen) atoms. The van der Waals surface area contributed by atoms with Crippen molar-refractivity contribution in [2.75, 3.05) is 13.6 Å². The van der Waals surface area contributed by atoms with Crippen LogP contribution in [0.4, 0.5) is 0 Å². The molecular formula is C10H19NO4. The number of carbonyl (C=O) groups is 2. The number of esters is 1. The molecule has 0 heterocycles. The molecule has 0 rings (SSSR count). The van der Waals surface area contributed by atoms with Gasteiger partial charge in [-0.1, -0.05) is 0 Å². The van der Waals surface area contributed by atoms with Crippen LogP contribution in [-0.4, -0.2) is 36.2 Å². The highest BCUT2D eigenvalue weighted by molar-refractivity contribution is 5.99. The van der Waals surface area contributed by atoms with Crippen molar-refractivity contribution in [2.24, 2.45) is 5.41 Å². The fraction of sp³-hybridized carbons (Fsp3) is 0.800. The molecule has 0 amide bonds. The number of carboxylic acid groups (broad SMARTS) is 1. The van der Waals surface area contributed by atoms with Gasteiger partial charge in [-0.05, 0) is 34.7 Å². The van der Waals surface area contributed by atoms with E-state index >= 15 is 0 Å². The van der Waals surface area contributed by atoms with Crippen molar-refractivity contribution < 1.29 is 19.4 Å². The molecule has 2 N–H and O–H groups in total. The minimum atomic E-state index is -1.54. The topological polar surface area (TPSA) is 75.6 Å². The zero-order valence-electron chi connectivity index (χ0n) is 9.88. The summed E-state index contributed by atoms with van der Waals surface area (Å²) in [5.74, 6) is -1.91. The molecule has 0 saturated heterocycles. The fourth-order valence-corrected chi connectivity index (χ4v) is 0.979. The van der Waals surface area contributed by atoms with Gasteiger partial charge in [0, 0.05) is 6.54 Å². The van der Waals surface area contributed by atoms with Crippen LogP contribution in [0.3, 0.4) is 0 Å². The summed E-state index contributed by atoms with van der Waals surface area (Å²) in [6.45, 7) is 6.49. The van der Waals surface area contributed by atoms with E-state index < -0.39 is 23.0 Å². The standard InChI is InChI=1S/C10H19NO4/c1-9(2,3)15-8(14)10(4,6-11-5)7(12)13/h11H,6H2,1-5H3,(H,12,13)/t10-/m1/s1. The molecule has 5 nitrogen and oxygen atoms in total. The highest BCUT2D eigenvalue weighted by Crippen LogP contribution is 2.21. The van der Waals surface area contributed by atoms with Crippen LogP contribution in [0.5, 0.6) is 0 Å². The zero-order valence-corrected chi connectivity index (χ0v) is 9.88. The van der Waals surface area contributed by atoms with Gasteiger partial charge < -0.3 is 15.2 Å². The minimum absolute atomic E-state index is 0.0389. The molecule has 0 aromatic rings. The summed E-state index contributed by atoms with van der Waals surface area (Å²) in [5.41, 5.74) is -2.22. The first-order valence-electron chi connectivity index (χ1n) is 4.75. The van der Waals surface area contributed by atoms with E-state index in [1.807, 2.05) is 0 Å². The largest absolute Gasteiger partial charge is 0.480 e. The lowest BCUT2D eigenvalue weighted by Crippen LogP contribution is -2.47. The van der Waals surface area contributed by atoms with Gasteiger partial charge in [-0.15, -0.1) is 0 Å². The molecule has 0 saturated carbocycles. The maximum Gasteiger partial charge on any atom is 0.325 e. The van der Waals surface area contributed by atoms with Gasteiger partial charge in [-0.3, -0.25) is 9.59 Å². The van der Waals surface area contributed by atoms with E-state index in [2.05, 4.69) is 5.32 Å². The Balaban J connectivity index is 4.79. The molecule has 0 aliphatic carbocycles. The van der Waals surface area contributed by atoms with Crippen LogP contribution in [0.25, 0.3) is 0 Å². The summed E-state index contributed by atoms with van der Waals surface area (Å²) in [7, 11) is 1.59. The molecule has 0 aliphatic rings. The molecule has 0 fully saturated rings. The average molecular weight is 217 g/mol. The monoisotopic (exact) mass is 217 g/mol. The summed E-state index contributed by atoms with van der Waals surface area (Å²) in [4.78, 5) is 22.7. The Bertz CT molecular complexity index is 257. The van der Waals surface area contributed by atoms with Crippen molar-refractivity contribution in [3.8, 4) is 0 Å². The second-order valence-electron chi connectivity index (χ2n) is 4.67. The van der Waals surface area contributed by atoms with Gasteiger partial charge in [0.1, 0.15) is 5.60 Å². The maximum atomic E-state index is 11.7. The van der Waals surface area contributed by atoms with Crippen molar-refractivity contribution in [1.29, 1.82) is 0 Å². The first kappa shape index (κ1) is 13.9. The predicted molar refractivity (Wildman–Crippen MR) is 55.5 cm³/mol. The van der Waals surface area contributed by atoms with E-state index in [0.29, 0.717) is 0 Å². The summed E-state index contributed by atoms with van der Waals surface area (Å²) in [5, 5.41) is 11.7. The molecule has 0 spiro atoms. The highest BCUT2D eigenvalue weighted by atomic mass is 16.6. The molecule has 0 aromatic carbocycles. The van der Waals surface area contributed by atoms with Crippen LogP contribution in [0.2, 0.25) is 0 Å². The third-order valence-corrected chi connectivity index (χ3v) is 1.85. The summed E-state index contributed by atoms with van der Waals surface area (Å²) < 4.78 is 5.06. The number of rotatable bonds is 4. The molecule has 88 valence electrons. The van der Waals surface area contributed by atoms with Gasteiger partial charge in [0.2, 0.25) is 0 Å². The smallest absolute Gasteiger partial charge is 0.325 e. The Labute approximate surface area is 89.8 Å². The fourth-order valence-electron chi connectivity index (χ4n) is 0.979. The van der Waals surface area contributed by atoms with Gasteiger partial charge in [0.05, 0.1) is 0 Å². The second kappa shape index (κ2) is 4.61. The quantitative estimate of drug-likeness (QED) is 0.534. The minimum Gasteiger partial charge on any atom is -0.480 e. The Morgan fingerprint density at radius 3 is 2.00 bits per heavy atom. The number of nitrogens with one attached hydrogen (secondary N) is 1. The summed E-state index contributed by atoms with van der Waals surface area (Å²) in [6.07, 6.45) is 0. The van der Waals surface area contributed by atoms with Crippen molar-refractivity contribution in [3.63, 3.8) is 0 Å². The van der Waals surface area contributed by atoms with Gasteiger partial charge in [-0.25, -0.2) is 0 Å². The zero-order chi connectivity index (χ0) is 12.3. The molecular weight excluding hydrogens is 198 g/mol. The normalized spacial score (nSPS) is 15.5. The third kappa shape index (κ3) is 3.87. The molecule has 0 radical (unpaired) electrons. The Kier molecular flexibility index (Phi) is 4.27. The number of hydrogen-bond donors (Lipinski definition) is 2. The number of carboxylic acids is 1. The molecule has 0 aromatic heterocycles. The molecule has 0 unspecified atom stereocenters. The van der Waals surface area contributed by atoms with E-state index in [-0.39, 0.29) is 6.54 Å². The second-order valence-corrected chi connectivity index (χ2v) is 4.67. The van der Waals surface area contributed by atoms with Crippen LogP contribution in [0, 0.1) is 5.41 Å². The summed E-state index contributed by atoms with van der Waals surface area (Å²) in [6, 6.07) is 0. The lowest BCUT2D eigenvalue weighted by molar-refractivity contribution is -0.175. The van der Waals surface area contributed by atoms with E-state index in [0.717, 1.165) is 0 Å². The Morgan fingerprint density at radius 1 is 1.27 bits per heavy atom. The van der Waals surface area contributed by atoms with Crippen LogP contribution in [0.1, 0.15) is 27.7 Å². The predicted octanol–water partition coefficient (Wildman–Crippen LogP) is 0.638. The number of hydrogen-bond acceptors (Lipinski definition) is 4. The van der Waals surface area contributed by atoms with Gasteiger partial charge in [0.25, 0.3) is 0 Å². The molecule has 0 bridgehead atoms. The molecule has 5 heteroatoms. The highest BCUT2D eigenvalue weighted by Gasteiger charge is 2.43. The third-order valence-electron chi connectivity index (χ3n) is 1.85. The van der Waals surface area contributed by atoms with Crippen LogP contribution < -0.4 is 5.32 Å². The number of aliphatic carboxylic acids is 1. The summed E-state index contributed by atoms with van der Waals surface area (Å²) >= 11 is 0. The van der Waals surface area contributed by atoms with Crippen molar-refractivity contribution in [2.45, 2.75) is 33.3 Å². The Morgan fingerprint density at radius 2 is 1.73 bits per heavy atom. The number of ether oxygens (including phenoxy) is 1. The van der Waals surface area contributed by atoms with Gasteiger partial charge in [-0.2, -0.15) is 0 Å². The van der Waals surface area contributed by atoms with Crippen molar-refractivity contribution in [1.82, 2.24) is 5.32 Å². The first-order valence-corrected chi connectivity index (χ1v) is 4.75. The molecule has 0 aliphatic heterocycles. The van der Waals surface area contributed by atoms with Crippen LogP contribution >= 0.6 is 0 Å². The molecule has 1 atom stereocenters. The SMILES string of the molecule is CNC[C@](C)(C(=O)O)C(=O)OC(C)(C)C. The van der Waals surface area contributed by atoms with E-state index in [1.54, 1.807) is 27.8 Å².